The van der Waals surface area contributed by atoms with Gasteiger partial charge in [-0.3, -0.25) is 18.6 Å². The van der Waals surface area contributed by atoms with E-state index in [1.165, 1.54) is 103 Å². The number of unbranched alkanes of at least 4 members (excludes halogenated alkanes) is 21. The zero-order valence-corrected chi connectivity index (χ0v) is 41.5. The molecular weight excluding hydrogens is 798 g/mol. The Kier molecular flexibility index (Phi) is 42.3. The predicted molar refractivity (Wildman–Crippen MR) is 261 cm³/mol. The van der Waals surface area contributed by atoms with Gasteiger partial charge < -0.3 is 18.9 Å². The van der Waals surface area contributed by atoms with Crippen LogP contribution in [0.15, 0.2) is 60.8 Å². The molecule has 0 radical (unpaired) electrons. The van der Waals surface area contributed by atoms with Gasteiger partial charge in [-0.2, -0.15) is 0 Å². The highest BCUT2D eigenvalue weighted by Gasteiger charge is 2.27. The van der Waals surface area contributed by atoms with Gasteiger partial charge in [-0.25, -0.2) is 4.57 Å². The van der Waals surface area contributed by atoms with Crippen molar-refractivity contribution in [1.29, 1.82) is 0 Å². The Bertz CT molecular complexity index is 1240. The molecule has 9 nitrogen and oxygen atoms in total. The van der Waals surface area contributed by atoms with Crippen molar-refractivity contribution in [3.63, 3.8) is 0 Å². The quantitative estimate of drug-likeness (QED) is 0.0212. The minimum atomic E-state index is -4.38. The lowest BCUT2D eigenvalue weighted by atomic mass is 10.0. The third-order valence-electron chi connectivity index (χ3n) is 10.6. The second kappa shape index (κ2) is 43.9. The maximum Gasteiger partial charge on any atom is 0.472 e. The standard InChI is InChI=1S/C52H94NO8P/c1-6-8-10-12-14-16-18-19-20-21-22-23-24-25-26-27-28-29-30-31-32-33-35-37-39-41-43-45-52(55)61-50(49-60-62(56,57)59-47-46-53(3,4)5)48-58-51(54)44-42-40-38-36-34-17-15-13-11-9-7-2/h8,10,14,16,19-20,22-23,25-26,50H,6-7,9,11-13,15,17-18,21,24,27-49H2,1-5H3/p+1/b10-8-,16-14-,20-19-,23-22-,26-25-. The maximum atomic E-state index is 12.7. The van der Waals surface area contributed by atoms with E-state index in [1.54, 1.807) is 0 Å². The third kappa shape index (κ3) is 47.2. The number of hydrogen-bond acceptors (Lipinski definition) is 7. The Balaban J connectivity index is 4.17. The van der Waals surface area contributed by atoms with Gasteiger partial charge >= 0.3 is 19.8 Å². The Morgan fingerprint density at radius 3 is 1.37 bits per heavy atom. The molecule has 0 aliphatic rings. The molecular formula is C52H95NO8P+. The number of hydrogen-bond donors (Lipinski definition) is 1. The summed E-state index contributed by atoms with van der Waals surface area (Å²) in [7, 11) is 1.47. The molecule has 0 fully saturated rings. The summed E-state index contributed by atoms with van der Waals surface area (Å²) in [5.41, 5.74) is 0. The van der Waals surface area contributed by atoms with Crippen LogP contribution in [-0.4, -0.2) is 74.9 Å². The van der Waals surface area contributed by atoms with Crippen LogP contribution in [0.3, 0.4) is 0 Å². The van der Waals surface area contributed by atoms with Crippen molar-refractivity contribution in [1.82, 2.24) is 0 Å². The first-order valence-corrected chi connectivity index (χ1v) is 26.5. The van der Waals surface area contributed by atoms with Crippen LogP contribution in [0.1, 0.15) is 206 Å². The Morgan fingerprint density at radius 1 is 0.516 bits per heavy atom. The molecule has 0 aromatic heterocycles. The average Bonchev–Trinajstić information content (AvgIpc) is 3.23. The van der Waals surface area contributed by atoms with Crippen molar-refractivity contribution in [2.45, 2.75) is 213 Å². The Labute approximate surface area is 381 Å². The van der Waals surface area contributed by atoms with Gasteiger partial charge in [-0.05, 0) is 57.8 Å². The number of rotatable bonds is 45. The molecule has 0 heterocycles. The number of carbonyl (C=O) groups is 2. The molecule has 0 spiro atoms. The molecule has 10 heteroatoms. The van der Waals surface area contributed by atoms with Crippen LogP contribution in [0.5, 0.6) is 0 Å². The predicted octanol–water partition coefficient (Wildman–Crippen LogP) is 14.8. The van der Waals surface area contributed by atoms with Gasteiger partial charge in [0.15, 0.2) is 6.10 Å². The number of nitrogens with zero attached hydrogens (tertiary/aromatic N) is 1. The van der Waals surface area contributed by atoms with Gasteiger partial charge in [0.2, 0.25) is 0 Å². The van der Waals surface area contributed by atoms with Crippen molar-refractivity contribution in [3.05, 3.63) is 60.8 Å². The van der Waals surface area contributed by atoms with Crippen LogP contribution in [0, 0.1) is 0 Å². The molecule has 0 rings (SSSR count). The first-order chi connectivity index (χ1) is 30.0. The van der Waals surface area contributed by atoms with Gasteiger partial charge in [0.25, 0.3) is 0 Å². The summed E-state index contributed by atoms with van der Waals surface area (Å²) in [6.45, 7) is 4.30. The number of esters is 2. The molecule has 0 aliphatic heterocycles. The van der Waals surface area contributed by atoms with E-state index in [0.717, 1.165) is 70.6 Å². The Morgan fingerprint density at radius 2 is 0.919 bits per heavy atom. The highest BCUT2D eigenvalue weighted by atomic mass is 31.2. The average molecular weight is 893 g/mol. The summed E-state index contributed by atoms with van der Waals surface area (Å²) in [6, 6.07) is 0. The molecule has 2 atom stereocenters. The fraction of sp³-hybridized carbons (Fsp3) is 0.769. The van der Waals surface area contributed by atoms with Crippen LogP contribution in [0.2, 0.25) is 0 Å². The van der Waals surface area contributed by atoms with E-state index in [4.69, 9.17) is 18.5 Å². The lowest BCUT2D eigenvalue weighted by molar-refractivity contribution is -0.870. The highest BCUT2D eigenvalue weighted by molar-refractivity contribution is 7.47. The summed E-state index contributed by atoms with van der Waals surface area (Å²) >= 11 is 0. The molecule has 62 heavy (non-hydrogen) atoms. The number of phosphoric acid groups is 1. The normalized spacial score (nSPS) is 14.0. The second-order valence-electron chi connectivity index (χ2n) is 17.8. The lowest BCUT2D eigenvalue weighted by Crippen LogP contribution is -2.37. The molecule has 2 unspecified atom stereocenters. The smallest absolute Gasteiger partial charge is 0.462 e. The van der Waals surface area contributed by atoms with Crippen molar-refractivity contribution >= 4 is 19.8 Å². The van der Waals surface area contributed by atoms with Crippen molar-refractivity contribution in [3.8, 4) is 0 Å². The van der Waals surface area contributed by atoms with Gasteiger partial charge in [-0.1, -0.05) is 197 Å². The number of quaternary nitrogens is 1. The molecule has 0 saturated carbocycles. The van der Waals surface area contributed by atoms with Gasteiger partial charge in [0, 0.05) is 12.8 Å². The SMILES string of the molecule is CC/C=C\C/C=C\C/C=C\C/C=C\C/C=C\CCCCCCCCCCCCCC(=O)OC(COC(=O)CCCCCCCCCCCCC)COP(=O)(O)OCC[N+](C)(C)C. The van der Waals surface area contributed by atoms with Crippen molar-refractivity contribution in [2.24, 2.45) is 0 Å². The maximum absolute atomic E-state index is 12.7. The van der Waals surface area contributed by atoms with E-state index >= 15 is 0 Å². The molecule has 0 aromatic rings. The monoisotopic (exact) mass is 893 g/mol. The van der Waals surface area contributed by atoms with Crippen LogP contribution < -0.4 is 0 Å². The van der Waals surface area contributed by atoms with Crippen LogP contribution in [0.4, 0.5) is 0 Å². The second-order valence-corrected chi connectivity index (χ2v) is 19.3. The summed E-state index contributed by atoms with van der Waals surface area (Å²) in [5, 5.41) is 0. The largest absolute Gasteiger partial charge is 0.472 e. The molecule has 0 amide bonds. The van der Waals surface area contributed by atoms with Gasteiger partial charge in [0.1, 0.15) is 19.8 Å². The van der Waals surface area contributed by atoms with E-state index in [9.17, 15) is 19.0 Å². The molecule has 0 aliphatic carbocycles. The molecule has 0 aromatic carbocycles. The van der Waals surface area contributed by atoms with Crippen LogP contribution >= 0.6 is 7.82 Å². The van der Waals surface area contributed by atoms with Crippen LogP contribution in [0.25, 0.3) is 0 Å². The van der Waals surface area contributed by atoms with E-state index in [1.807, 2.05) is 21.1 Å². The van der Waals surface area contributed by atoms with Crippen LogP contribution in [-0.2, 0) is 32.7 Å². The first kappa shape index (κ1) is 59.7. The molecule has 1 N–H and O–H groups in total. The topological polar surface area (TPSA) is 108 Å². The van der Waals surface area contributed by atoms with E-state index in [2.05, 4.69) is 74.6 Å². The number of ether oxygens (including phenoxy) is 2. The Hall–Kier alpha value is -2.29. The van der Waals surface area contributed by atoms with Gasteiger partial charge in [-0.15, -0.1) is 0 Å². The number of allylic oxidation sites excluding steroid dienone is 10. The molecule has 360 valence electrons. The minimum absolute atomic E-state index is 0.0304. The van der Waals surface area contributed by atoms with E-state index in [-0.39, 0.29) is 32.0 Å². The van der Waals surface area contributed by atoms with E-state index < -0.39 is 26.5 Å². The summed E-state index contributed by atoms with van der Waals surface area (Å²) in [5.74, 6) is -0.800. The number of phosphoric ester groups is 1. The summed E-state index contributed by atoms with van der Waals surface area (Å²) in [6.07, 6.45) is 54.2. The fourth-order valence-electron chi connectivity index (χ4n) is 6.69. The van der Waals surface area contributed by atoms with E-state index in [0.29, 0.717) is 17.4 Å². The third-order valence-corrected chi connectivity index (χ3v) is 11.5. The van der Waals surface area contributed by atoms with Crippen molar-refractivity contribution in [2.75, 3.05) is 47.5 Å². The first-order valence-electron chi connectivity index (χ1n) is 25.0. The van der Waals surface area contributed by atoms with Crippen molar-refractivity contribution < 1.29 is 42.1 Å². The highest BCUT2D eigenvalue weighted by Crippen LogP contribution is 2.43. The lowest BCUT2D eigenvalue weighted by Gasteiger charge is -2.24. The zero-order chi connectivity index (χ0) is 45.7. The summed E-state index contributed by atoms with van der Waals surface area (Å²) < 4.78 is 34.4. The molecule has 0 saturated heterocycles. The number of likely N-dealkylation sites (N-methyl/N-ethyl adjacent to an activating group) is 1. The zero-order valence-electron chi connectivity index (χ0n) is 40.6. The summed E-state index contributed by atoms with van der Waals surface area (Å²) in [4.78, 5) is 35.4. The molecule has 0 bridgehead atoms. The van der Waals surface area contributed by atoms with Gasteiger partial charge in [0.05, 0.1) is 27.7 Å². The minimum Gasteiger partial charge on any atom is -0.462 e. The number of carbonyl (C=O) groups excluding carboxylic acids is 2. The fourth-order valence-corrected chi connectivity index (χ4v) is 7.43.